The van der Waals surface area contributed by atoms with E-state index in [0.29, 0.717) is 29.1 Å². The normalized spacial score (nSPS) is 19.0. The van der Waals surface area contributed by atoms with E-state index in [1.807, 2.05) is 42.0 Å². The molecule has 5 rings (SSSR count). The van der Waals surface area contributed by atoms with Crippen LogP contribution in [0.15, 0.2) is 71.5 Å². The number of aryl methyl sites for hydroxylation is 2. The summed E-state index contributed by atoms with van der Waals surface area (Å²) >= 11 is 6.06. The van der Waals surface area contributed by atoms with Crippen LogP contribution in [-0.4, -0.2) is 39.1 Å². The van der Waals surface area contributed by atoms with Crippen LogP contribution in [0, 0.1) is 12.8 Å². The zero-order valence-corrected chi connectivity index (χ0v) is 19.9. The molecule has 0 N–H and O–H groups in total. The van der Waals surface area contributed by atoms with Gasteiger partial charge in [0.15, 0.2) is 6.20 Å². The van der Waals surface area contributed by atoms with E-state index in [0.717, 1.165) is 21.8 Å². The Hall–Kier alpha value is -3.79. The minimum absolute atomic E-state index is 0.227. The Kier molecular flexibility index (Phi) is 6.21. The topological polar surface area (TPSA) is 65.9 Å². The largest absolute Gasteiger partial charge is 0.406 e. The van der Waals surface area contributed by atoms with E-state index in [1.165, 1.54) is 23.0 Å². The van der Waals surface area contributed by atoms with E-state index in [-0.39, 0.29) is 5.69 Å². The van der Waals surface area contributed by atoms with Crippen LogP contribution in [0.5, 0.6) is 0 Å². The molecule has 3 aromatic rings. The minimum Gasteiger partial charge on any atom is -0.306 e. The highest BCUT2D eigenvalue weighted by atomic mass is 35.5. The molecule has 1 atom stereocenters. The first kappa shape index (κ1) is 23.9. The molecule has 0 fully saturated rings. The van der Waals surface area contributed by atoms with E-state index in [9.17, 15) is 18.0 Å². The number of hydrogen-bond donors (Lipinski definition) is 0. The molecule has 1 amide bonds. The molecule has 3 heterocycles. The van der Waals surface area contributed by atoms with Gasteiger partial charge in [-0.1, -0.05) is 11.6 Å². The molecule has 0 spiro atoms. The summed E-state index contributed by atoms with van der Waals surface area (Å²) in [5, 5.41) is 8.67. The van der Waals surface area contributed by atoms with Crippen molar-refractivity contribution in [2.45, 2.75) is 25.9 Å². The molecule has 2 aliphatic rings. The zero-order valence-electron chi connectivity index (χ0n) is 19.2. The lowest BCUT2D eigenvalue weighted by atomic mass is 10.0. The van der Waals surface area contributed by atoms with Gasteiger partial charge < -0.3 is 9.47 Å². The molecule has 0 bridgehead atoms. The highest BCUT2D eigenvalue weighted by Gasteiger charge is 2.39. The fourth-order valence-corrected chi connectivity index (χ4v) is 4.48. The molecule has 1 unspecified atom stereocenters. The van der Waals surface area contributed by atoms with Crippen LogP contribution in [-0.2, 0) is 11.2 Å². The van der Waals surface area contributed by atoms with Crippen molar-refractivity contribution in [3.05, 3.63) is 83.0 Å². The minimum atomic E-state index is -4.55. The highest BCUT2D eigenvalue weighted by molar-refractivity contribution is 6.30. The lowest BCUT2D eigenvalue weighted by molar-refractivity contribution is -0.460. The third-order valence-corrected chi connectivity index (χ3v) is 6.23. The number of nitrogens with zero attached hydrogens (tertiary/aromatic N) is 6. The number of rotatable bonds is 4. The van der Waals surface area contributed by atoms with E-state index >= 15 is 0 Å². The first-order valence-corrected chi connectivity index (χ1v) is 11.6. The van der Waals surface area contributed by atoms with Crippen molar-refractivity contribution >= 4 is 35.1 Å². The SMILES string of the molecule is Cc1cn(-c2ccc(C3=C/[N+](=C\C4CCc5cc(Cl)ccc5N(CC(F)(F)F)C4=O)N=N3)cc2)cn1. The van der Waals surface area contributed by atoms with Crippen molar-refractivity contribution in [1.29, 1.82) is 0 Å². The number of carbonyl (C=O) groups is 1. The van der Waals surface area contributed by atoms with Gasteiger partial charge in [-0.15, -0.1) is 4.68 Å². The third-order valence-electron chi connectivity index (χ3n) is 5.99. The Morgan fingerprint density at radius 2 is 1.97 bits per heavy atom. The van der Waals surface area contributed by atoms with Crippen LogP contribution < -0.4 is 4.90 Å². The first-order chi connectivity index (χ1) is 17.2. The second-order valence-corrected chi connectivity index (χ2v) is 9.10. The molecule has 36 heavy (non-hydrogen) atoms. The number of anilines is 1. The summed E-state index contributed by atoms with van der Waals surface area (Å²) in [6, 6.07) is 12.2. The molecule has 184 valence electrons. The van der Waals surface area contributed by atoms with Gasteiger partial charge in [-0.05, 0) is 67.8 Å². The van der Waals surface area contributed by atoms with Gasteiger partial charge in [0.25, 0.3) is 5.70 Å². The second kappa shape index (κ2) is 9.34. The average Bonchev–Trinajstić information content (AvgIpc) is 3.46. The summed E-state index contributed by atoms with van der Waals surface area (Å²) < 4.78 is 43.3. The van der Waals surface area contributed by atoms with Gasteiger partial charge in [-0.2, -0.15) is 13.2 Å². The Balaban J connectivity index is 1.39. The van der Waals surface area contributed by atoms with Gasteiger partial charge in [-0.25, -0.2) is 4.98 Å². The van der Waals surface area contributed by atoms with Crippen LogP contribution in [0.1, 0.15) is 23.2 Å². The summed E-state index contributed by atoms with van der Waals surface area (Å²) in [6.07, 6.45) is 2.96. The molecule has 0 saturated carbocycles. The lowest BCUT2D eigenvalue weighted by Crippen LogP contribution is -2.42. The number of alkyl halides is 3. The van der Waals surface area contributed by atoms with Crippen molar-refractivity contribution in [2.24, 2.45) is 16.3 Å². The molecule has 2 aliphatic heterocycles. The van der Waals surface area contributed by atoms with Crippen LogP contribution in [0.2, 0.25) is 5.02 Å². The molecule has 0 radical (unpaired) electrons. The Bertz CT molecular complexity index is 1410. The van der Waals surface area contributed by atoms with E-state index in [4.69, 9.17) is 11.6 Å². The standard InChI is InChI=1S/C25H21ClF3N6O/c1-16-11-33(15-30-16)21-7-4-17(5-8-21)22-13-34(32-31-22)12-19-3-2-18-10-20(26)6-9-23(18)35(24(19)36)14-25(27,28)29/h4-13,15,19H,2-3,14H2,1H3/q+1/b34-12+. The number of aromatic nitrogens is 2. The second-order valence-electron chi connectivity index (χ2n) is 8.66. The van der Waals surface area contributed by atoms with Crippen molar-refractivity contribution in [3.63, 3.8) is 0 Å². The maximum Gasteiger partial charge on any atom is 0.406 e. The quantitative estimate of drug-likeness (QED) is 0.417. The molecule has 0 saturated heterocycles. The van der Waals surface area contributed by atoms with Gasteiger partial charge in [0.2, 0.25) is 5.91 Å². The molecule has 0 aliphatic carbocycles. The Morgan fingerprint density at radius 1 is 1.19 bits per heavy atom. The van der Waals surface area contributed by atoms with Crippen LogP contribution in [0.3, 0.4) is 0 Å². The maximum absolute atomic E-state index is 13.3. The van der Waals surface area contributed by atoms with Crippen molar-refractivity contribution in [1.82, 2.24) is 9.55 Å². The number of fused-ring (bicyclic) bond motifs is 1. The predicted molar refractivity (Wildman–Crippen MR) is 129 cm³/mol. The maximum atomic E-state index is 13.3. The number of amides is 1. The van der Waals surface area contributed by atoms with E-state index < -0.39 is 24.5 Å². The van der Waals surface area contributed by atoms with Gasteiger partial charge >= 0.3 is 6.18 Å². The summed E-state index contributed by atoms with van der Waals surface area (Å²) in [5.74, 6) is -1.47. The Morgan fingerprint density at radius 3 is 2.67 bits per heavy atom. The van der Waals surface area contributed by atoms with Crippen molar-refractivity contribution in [2.75, 3.05) is 11.4 Å². The predicted octanol–water partition coefficient (Wildman–Crippen LogP) is 5.75. The molecular formula is C25H21ClF3N6O+. The third kappa shape index (κ3) is 5.08. The fraction of sp³-hybridized carbons (Fsp3) is 0.240. The van der Waals surface area contributed by atoms with Crippen molar-refractivity contribution in [3.8, 4) is 5.69 Å². The lowest BCUT2D eigenvalue weighted by Gasteiger charge is -2.25. The molecule has 7 nitrogen and oxygen atoms in total. The molecule has 11 heteroatoms. The smallest absolute Gasteiger partial charge is 0.306 e. The fourth-order valence-electron chi connectivity index (χ4n) is 4.28. The number of imidazole rings is 1. The number of carbonyl (C=O) groups excluding carboxylic acids is 1. The van der Waals surface area contributed by atoms with Crippen LogP contribution in [0.4, 0.5) is 18.9 Å². The van der Waals surface area contributed by atoms with Gasteiger partial charge in [-0.3, -0.25) is 4.79 Å². The van der Waals surface area contributed by atoms with E-state index in [1.54, 1.807) is 18.6 Å². The van der Waals surface area contributed by atoms with Gasteiger partial charge in [0, 0.05) is 28.2 Å². The monoisotopic (exact) mass is 513 g/mol. The van der Waals surface area contributed by atoms with Crippen LogP contribution >= 0.6 is 11.6 Å². The summed E-state index contributed by atoms with van der Waals surface area (Å²) in [4.78, 5) is 18.2. The van der Waals surface area contributed by atoms with E-state index in [2.05, 4.69) is 15.3 Å². The first-order valence-electron chi connectivity index (χ1n) is 11.2. The molecular weight excluding hydrogens is 493 g/mol. The average molecular weight is 514 g/mol. The van der Waals surface area contributed by atoms with Gasteiger partial charge in [0.05, 0.1) is 23.1 Å². The highest BCUT2D eigenvalue weighted by Crippen LogP contribution is 2.33. The van der Waals surface area contributed by atoms with Crippen LogP contribution in [0.25, 0.3) is 11.4 Å². The molecule has 1 aromatic heterocycles. The van der Waals surface area contributed by atoms with Crippen molar-refractivity contribution < 1.29 is 22.7 Å². The summed E-state index contributed by atoms with van der Waals surface area (Å²) in [5.41, 5.74) is 4.05. The number of hydrogen-bond acceptors (Lipinski definition) is 4. The summed E-state index contributed by atoms with van der Waals surface area (Å²) in [7, 11) is 0. The summed E-state index contributed by atoms with van der Waals surface area (Å²) in [6.45, 7) is 0.533. The number of benzene rings is 2. The van der Waals surface area contributed by atoms with Gasteiger partial charge in [0.1, 0.15) is 18.0 Å². The number of halogens is 4. The molecule has 2 aromatic carbocycles. The Labute approximate surface area is 209 Å². The zero-order chi connectivity index (χ0) is 25.4.